The van der Waals surface area contributed by atoms with E-state index in [0.717, 1.165) is 11.1 Å². The largest absolute Gasteiger partial charge is 0.495 e. The maximum Gasteiger partial charge on any atom is 0.323 e. The van der Waals surface area contributed by atoms with Gasteiger partial charge in [0, 0.05) is 24.0 Å². The summed E-state index contributed by atoms with van der Waals surface area (Å²) in [5.41, 5.74) is 4.97. The van der Waals surface area contributed by atoms with E-state index in [4.69, 9.17) is 9.26 Å². The summed E-state index contributed by atoms with van der Waals surface area (Å²) < 4.78 is 12.6. The molecule has 0 saturated carbocycles. The summed E-state index contributed by atoms with van der Waals surface area (Å²) in [5, 5.41) is 9.69. The summed E-state index contributed by atoms with van der Waals surface area (Å²) >= 11 is 0. The van der Waals surface area contributed by atoms with Crippen molar-refractivity contribution in [1.29, 1.82) is 0 Å². The molecule has 0 aliphatic rings. The van der Waals surface area contributed by atoms with Crippen LogP contribution in [0.25, 0.3) is 23.0 Å². The second-order valence-corrected chi connectivity index (χ2v) is 8.20. The number of urea groups is 1. The molecule has 5 rings (SSSR count). The number of nitrogens with one attached hydrogen (secondary N) is 2. The maximum absolute atomic E-state index is 12.4. The molecule has 3 aromatic carbocycles. The molecule has 180 valence electrons. The van der Waals surface area contributed by atoms with Crippen LogP contribution in [0.4, 0.5) is 16.2 Å². The van der Waals surface area contributed by atoms with Crippen LogP contribution >= 0.6 is 0 Å². The highest BCUT2D eigenvalue weighted by molar-refractivity contribution is 6.00. The number of imidazole rings is 1. The number of nitrogens with zero attached hydrogens (tertiary/aromatic N) is 4. The normalized spacial score (nSPS) is 10.7. The van der Waals surface area contributed by atoms with Crippen LogP contribution < -0.4 is 15.4 Å². The van der Waals surface area contributed by atoms with E-state index in [1.807, 2.05) is 78.4 Å². The molecule has 0 spiro atoms. The van der Waals surface area contributed by atoms with Gasteiger partial charge in [-0.2, -0.15) is 4.98 Å². The summed E-state index contributed by atoms with van der Waals surface area (Å²) in [4.78, 5) is 21.2. The molecule has 0 aliphatic carbocycles. The zero-order valence-corrected chi connectivity index (χ0v) is 19.8. The second kappa shape index (κ2) is 10.1. The lowest BCUT2D eigenvalue weighted by Gasteiger charge is -2.11. The van der Waals surface area contributed by atoms with Crippen molar-refractivity contribution >= 4 is 17.4 Å². The number of carbonyl (C=O) groups excluding carboxylic acids is 1. The maximum atomic E-state index is 12.4. The molecule has 0 bridgehead atoms. The molecule has 9 nitrogen and oxygen atoms in total. The molecule has 0 saturated heterocycles. The van der Waals surface area contributed by atoms with Gasteiger partial charge in [-0.25, -0.2) is 9.78 Å². The van der Waals surface area contributed by atoms with E-state index in [9.17, 15) is 4.79 Å². The molecule has 2 aromatic heterocycles. The Labute approximate surface area is 207 Å². The number of carbonyl (C=O) groups is 1. The Kier molecular flexibility index (Phi) is 6.44. The lowest BCUT2D eigenvalue weighted by molar-refractivity contribution is 0.262. The summed E-state index contributed by atoms with van der Waals surface area (Å²) in [6.45, 7) is 2.63. The number of methoxy groups -OCH3 is 1. The highest BCUT2D eigenvalue weighted by Gasteiger charge is 2.13. The van der Waals surface area contributed by atoms with Gasteiger partial charge in [-0.1, -0.05) is 59.3 Å². The lowest BCUT2D eigenvalue weighted by Crippen LogP contribution is -2.19. The minimum atomic E-state index is -0.351. The molecular formula is C27H24N6O3. The number of para-hydroxylation sites is 2. The molecule has 36 heavy (non-hydrogen) atoms. The fourth-order valence-electron chi connectivity index (χ4n) is 3.64. The first-order chi connectivity index (χ1) is 17.6. The van der Waals surface area contributed by atoms with Crippen LogP contribution in [0.5, 0.6) is 5.75 Å². The number of anilines is 2. The van der Waals surface area contributed by atoms with Crippen molar-refractivity contribution in [2.75, 3.05) is 17.7 Å². The number of rotatable bonds is 7. The van der Waals surface area contributed by atoms with Gasteiger partial charge in [0.1, 0.15) is 11.4 Å². The van der Waals surface area contributed by atoms with E-state index >= 15 is 0 Å². The highest BCUT2D eigenvalue weighted by Crippen LogP contribution is 2.24. The van der Waals surface area contributed by atoms with Gasteiger partial charge in [0.2, 0.25) is 5.82 Å². The van der Waals surface area contributed by atoms with Crippen molar-refractivity contribution in [2.24, 2.45) is 0 Å². The molecule has 9 heteroatoms. The third kappa shape index (κ3) is 5.25. The van der Waals surface area contributed by atoms with Gasteiger partial charge in [-0.05, 0) is 36.8 Å². The summed E-state index contributed by atoms with van der Waals surface area (Å²) in [5.74, 6) is 1.48. The first-order valence-electron chi connectivity index (χ1n) is 11.3. The minimum absolute atomic E-state index is 0.351. The monoisotopic (exact) mass is 480 g/mol. The molecular weight excluding hydrogens is 456 g/mol. The predicted octanol–water partition coefficient (Wildman–Crippen LogP) is 5.61. The molecule has 5 aromatic rings. The predicted molar refractivity (Wildman–Crippen MR) is 137 cm³/mol. The van der Waals surface area contributed by atoms with Crippen LogP contribution in [-0.4, -0.2) is 32.8 Å². The Morgan fingerprint density at radius 1 is 1.00 bits per heavy atom. The molecule has 2 amide bonds. The highest BCUT2D eigenvalue weighted by atomic mass is 16.5. The number of aryl methyl sites for hydroxylation is 1. The Balaban J connectivity index is 1.20. The van der Waals surface area contributed by atoms with Crippen LogP contribution in [0.1, 0.15) is 11.1 Å². The summed E-state index contributed by atoms with van der Waals surface area (Å²) in [6.07, 6.45) is 3.58. The van der Waals surface area contributed by atoms with E-state index in [1.165, 1.54) is 5.56 Å². The second-order valence-electron chi connectivity index (χ2n) is 8.20. The van der Waals surface area contributed by atoms with E-state index < -0.39 is 0 Å². The molecule has 0 fully saturated rings. The minimum Gasteiger partial charge on any atom is -0.495 e. The van der Waals surface area contributed by atoms with Crippen molar-refractivity contribution in [1.82, 2.24) is 19.7 Å². The van der Waals surface area contributed by atoms with E-state index in [2.05, 4.69) is 25.8 Å². The van der Waals surface area contributed by atoms with Crippen molar-refractivity contribution in [3.8, 4) is 28.7 Å². The van der Waals surface area contributed by atoms with Gasteiger partial charge in [0.15, 0.2) is 0 Å². The van der Waals surface area contributed by atoms with Gasteiger partial charge >= 0.3 is 6.03 Å². The van der Waals surface area contributed by atoms with Crippen LogP contribution in [0.15, 0.2) is 89.8 Å². The molecule has 0 aliphatic heterocycles. The number of aromatic nitrogens is 4. The van der Waals surface area contributed by atoms with Crippen molar-refractivity contribution < 1.29 is 14.1 Å². The number of benzene rings is 3. The van der Waals surface area contributed by atoms with Gasteiger partial charge < -0.3 is 24.5 Å². The quantitative estimate of drug-likeness (QED) is 0.314. The molecule has 2 heterocycles. The van der Waals surface area contributed by atoms with Crippen molar-refractivity contribution in [3.05, 3.63) is 96.4 Å². The first kappa shape index (κ1) is 22.9. The zero-order chi connectivity index (χ0) is 24.9. The summed E-state index contributed by atoms with van der Waals surface area (Å²) in [6, 6.07) is 22.4. The number of hydrogen-bond donors (Lipinski definition) is 2. The fraction of sp³-hybridized carbons (Fsp3) is 0.111. The van der Waals surface area contributed by atoms with Gasteiger partial charge in [0.05, 0.1) is 19.1 Å². The zero-order valence-electron chi connectivity index (χ0n) is 19.8. The number of hydrogen-bond acceptors (Lipinski definition) is 6. The van der Waals surface area contributed by atoms with Gasteiger partial charge in [-0.3, -0.25) is 0 Å². The van der Waals surface area contributed by atoms with E-state index in [-0.39, 0.29) is 6.03 Å². The van der Waals surface area contributed by atoms with Crippen molar-refractivity contribution in [2.45, 2.75) is 13.5 Å². The smallest absolute Gasteiger partial charge is 0.323 e. The van der Waals surface area contributed by atoms with Crippen molar-refractivity contribution in [3.63, 3.8) is 0 Å². The lowest BCUT2D eigenvalue weighted by atomic mass is 10.1. The first-order valence-corrected chi connectivity index (χ1v) is 11.3. The Morgan fingerprint density at radius 3 is 2.56 bits per heavy atom. The third-order valence-electron chi connectivity index (χ3n) is 5.52. The third-order valence-corrected chi connectivity index (χ3v) is 5.52. The Bertz CT molecular complexity index is 1470. The summed E-state index contributed by atoms with van der Waals surface area (Å²) in [7, 11) is 1.56. The standard InChI is InChI=1S/C27H24N6O3/c1-18-7-11-20(12-8-18)25-31-26(36-32-25)23-16-33(17-28-23)15-19-9-13-21(14-10-19)29-27(34)30-22-5-3-4-6-24(22)35-2/h3-14,16-17H,15H2,1-2H3,(H2,29,30,34). The fourth-order valence-corrected chi connectivity index (χ4v) is 3.64. The van der Waals surface area contributed by atoms with Crippen LogP contribution in [0.2, 0.25) is 0 Å². The number of amides is 2. The van der Waals surface area contributed by atoms with Gasteiger partial charge in [-0.15, -0.1) is 0 Å². The molecule has 0 radical (unpaired) electrons. The van der Waals surface area contributed by atoms with E-state index in [1.54, 1.807) is 25.6 Å². The SMILES string of the molecule is COc1ccccc1NC(=O)Nc1ccc(Cn2cnc(-c3nc(-c4ccc(C)cc4)no3)c2)cc1. The molecule has 2 N–H and O–H groups in total. The van der Waals surface area contributed by atoms with Gasteiger partial charge in [0.25, 0.3) is 5.89 Å². The molecule has 0 atom stereocenters. The molecule has 0 unspecified atom stereocenters. The number of ether oxygens (including phenoxy) is 1. The van der Waals surface area contributed by atoms with Crippen LogP contribution in [-0.2, 0) is 6.54 Å². The van der Waals surface area contributed by atoms with E-state index in [0.29, 0.717) is 41.1 Å². The van der Waals surface area contributed by atoms with Crippen LogP contribution in [0.3, 0.4) is 0 Å². The Morgan fingerprint density at radius 2 is 1.78 bits per heavy atom. The Hall–Kier alpha value is -4.92. The topological polar surface area (TPSA) is 107 Å². The average molecular weight is 481 g/mol. The van der Waals surface area contributed by atoms with Crippen LogP contribution in [0, 0.1) is 6.92 Å². The average Bonchev–Trinajstić information content (AvgIpc) is 3.56.